The van der Waals surface area contributed by atoms with Crippen molar-refractivity contribution in [2.24, 2.45) is 5.92 Å². The van der Waals surface area contributed by atoms with E-state index in [9.17, 15) is 5.11 Å². The summed E-state index contributed by atoms with van der Waals surface area (Å²) in [5, 5.41) is 13.1. The molecule has 2 rings (SSSR count). The molecule has 0 spiro atoms. The minimum Gasteiger partial charge on any atom is -0.393 e. The van der Waals surface area contributed by atoms with Crippen molar-refractivity contribution in [2.75, 3.05) is 6.54 Å². The van der Waals surface area contributed by atoms with E-state index in [-0.39, 0.29) is 6.10 Å². The standard InChI is InChI=1S/C16H25NO/c1-2-14-5-3-4-6-15(14)12-17-11-13-7-9-16(18)10-8-13/h3-6,13,16-18H,2,7-12H2,1H3. The summed E-state index contributed by atoms with van der Waals surface area (Å²) in [5.41, 5.74) is 2.87. The van der Waals surface area contributed by atoms with E-state index in [1.54, 1.807) is 0 Å². The Morgan fingerprint density at radius 3 is 2.44 bits per heavy atom. The maximum absolute atomic E-state index is 9.48. The molecule has 100 valence electrons. The first kappa shape index (κ1) is 13.6. The van der Waals surface area contributed by atoms with Crippen LogP contribution in [0.15, 0.2) is 24.3 Å². The first-order valence-electron chi connectivity index (χ1n) is 7.25. The van der Waals surface area contributed by atoms with Crippen LogP contribution in [0.3, 0.4) is 0 Å². The van der Waals surface area contributed by atoms with Crippen LogP contribution >= 0.6 is 0 Å². The zero-order chi connectivity index (χ0) is 12.8. The van der Waals surface area contributed by atoms with Crippen molar-refractivity contribution in [3.8, 4) is 0 Å². The maximum atomic E-state index is 9.48. The van der Waals surface area contributed by atoms with Gasteiger partial charge in [0.25, 0.3) is 0 Å². The number of aryl methyl sites for hydroxylation is 1. The highest BCUT2D eigenvalue weighted by atomic mass is 16.3. The smallest absolute Gasteiger partial charge is 0.0540 e. The van der Waals surface area contributed by atoms with Crippen LogP contribution in [0, 0.1) is 5.92 Å². The van der Waals surface area contributed by atoms with Gasteiger partial charge in [-0.25, -0.2) is 0 Å². The topological polar surface area (TPSA) is 32.3 Å². The summed E-state index contributed by atoms with van der Waals surface area (Å²) in [5.74, 6) is 0.752. The minimum absolute atomic E-state index is 0.0398. The Labute approximate surface area is 110 Å². The van der Waals surface area contributed by atoms with E-state index in [2.05, 4.69) is 36.5 Å². The predicted molar refractivity (Wildman–Crippen MR) is 75.5 cm³/mol. The summed E-state index contributed by atoms with van der Waals surface area (Å²) >= 11 is 0. The molecule has 2 N–H and O–H groups in total. The first-order valence-corrected chi connectivity index (χ1v) is 7.25. The van der Waals surface area contributed by atoms with Crippen LogP contribution in [0.5, 0.6) is 0 Å². The summed E-state index contributed by atoms with van der Waals surface area (Å²) in [7, 11) is 0. The molecule has 1 aromatic carbocycles. The Hall–Kier alpha value is -0.860. The summed E-state index contributed by atoms with van der Waals surface area (Å²) in [6, 6.07) is 8.67. The van der Waals surface area contributed by atoms with Crippen LogP contribution in [-0.4, -0.2) is 17.8 Å². The number of nitrogens with one attached hydrogen (secondary N) is 1. The second-order valence-corrected chi connectivity index (χ2v) is 5.43. The van der Waals surface area contributed by atoms with Crippen LogP contribution in [0.25, 0.3) is 0 Å². The molecule has 1 saturated carbocycles. The van der Waals surface area contributed by atoms with Crippen LogP contribution in [0.2, 0.25) is 0 Å². The summed E-state index contributed by atoms with van der Waals surface area (Å²) in [4.78, 5) is 0. The molecule has 0 aliphatic heterocycles. The Morgan fingerprint density at radius 2 is 1.78 bits per heavy atom. The van der Waals surface area contributed by atoms with Gasteiger partial charge < -0.3 is 10.4 Å². The van der Waals surface area contributed by atoms with Crippen LogP contribution in [0.1, 0.15) is 43.7 Å². The molecule has 0 heterocycles. The fourth-order valence-electron chi connectivity index (χ4n) is 2.83. The largest absolute Gasteiger partial charge is 0.393 e. The lowest BCUT2D eigenvalue weighted by molar-refractivity contribution is 0.108. The third-order valence-electron chi connectivity index (χ3n) is 4.06. The van der Waals surface area contributed by atoms with Gasteiger partial charge in [0.05, 0.1) is 6.10 Å². The van der Waals surface area contributed by atoms with E-state index < -0.39 is 0 Å². The molecule has 1 fully saturated rings. The molecule has 2 heteroatoms. The average molecular weight is 247 g/mol. The lowest BCUT2D eigenvalue weighted by Crippen LogP contribution is -2.27. The predicted octanol–water partition coefficient (Wildman–Crippen LogP) is 2.89. The van der Waals surface area contributed by atoms with Crippen molar-refractivity contribution < 1.29 is 5.11 Å². The molecule has 1 aliphatic rings. The van der Waals surface area contributed by atoms with Gasteiger partial charge in [-0.15, -0.1) is 0 Å². The molecule has 1 aromatic rings. The van der Waals surface area contributed by atoms with Crippen molar-refractivity contribution >= 4 is 0 Å². The number of rotatable bonds is 5. The normalized spacial score (nSPS) is 24.1. The number of aliphatic hydroxyl groups excluding tert-OH is 1. The van der Waals surface area contributed by atoms with Gasteiger partial charge in [0.15, 0.2) is 0 Å². The van der Waals surface area contributed by atoms with Crippen molar-refractivity contribution in [1.82, 2.24) is 5.32 Å². The third kappa shape index (κ3) is 3.82. The molecule has 0 unspecified atom stereocenters. The highest BCUT2D eigenvalue weighted by molar-refractivity contribution is 5.26. The van der Waals surface area contributed by atoms with E-state index in [1.165, 1.54) is 24.0 Å². The van der Waals surface area contributed by atoms with E-state index in [4.69, 9.17) is 0 Å². The van der Waals surface area contributed by atoms with Gasteiger partial charge in [0.1, 0.15) is 0 Å². The van der Waals surface area contributed by atoms with E-state index in [0.717, 1.165) is 38.3 Å². The van der Waals surface area contributed by atoms with Crippen molar-refractivity contribution in [1.29, 1.82) is 0 Å². The zero-order valence-electron chi connectivity index (χ0n) is 11.4. The molecule has 0 amide bonds. The van der Waals surface area contributed by atoms with Gasteiger partial charge in [-0.1, -0.05) is 31.2 Å². The number of hydrogen-bond acceptors (Lipinski definition) is 2. The summed E-state index contributed by atoms with van der Waals surface area (Å²) in [6.45, 7) is 4.27. The molecule has 1 aliphatic carbocycles. The number of aliphatic hydroxyl groups is 1. The molecule has 0 aromatic heterocycles. The third-order valence-corrected chi connectivity index (χ3v) is 4.06. The lowest BCUT2D eigenvalue weighted by Gasteiger charge is -2.25. The highest BCUT2D eigenvalue weighted by Crippen LogP contribution is 2.23. The first-order chi connectivity index (χ1) is 8.79. The van der Waals surface area contributed by atoms with Gasteiger partial charge in [-0.3, -0.25) is 0 Å². The summed E-state index contributed by atoms with van der Waals surface area (Å²) < 4.78 is 0. The molecule has 18 heavy (non-hydrogen) atoms. The van der Waals surface area contributed by atoms with Crippen LogP contribution in [-0.2, 0) is 13.0 Å². The van der Waals surface area contributed by atoms with Gasteiger partial charge in [0.2, 0.25) is 0 Å². The average Bonchev–Trinajstić information content (AvgIpc) is 2.41. The fourth-order valence-corrected chi connectivity index (χ4v) is 2.83. The molecule has 2 nitrogen and oxygen atoms in total. The Balaban J connectivity index is 1.75. The highest BCUT2D eigenvalue weighted by Gasteiger charge is 2.18. The fraction of sp³-hybridized carbons (Fsp3) is 0.625. The van der Waals surface area contributed by atoms with Gasteiger partial charge in [-0.05, 0) is 55.7 Å². The van der Waals surface area contributed by atoms with Crippen molar-refractivity contribution in [3.63, 3.8) is 0 Å². The SMILES string of the molecule is CCc1ccccc1CNCC1CCC(O)CC1. The lowest BCUT2D eigenvalue weighted by atomic mass is 9.87. The van der Waals surface area contributed by atoms with Crippen LogP contribution < -0.4 is 5.32 Å². The molecule has 0 atom stereocenters. The maximum Gasteiger partial charge on any atom is 0.0540 e. The van der Waals surface area contributed by atoms with Gasteiger partial charge >= 0.3 is 0 Å². The molecule has 0 radical (unpaired) electrons. The zero-order valence-corrected chi connectivity index (χ0v) is 11.4. The Kier molecular flexibility index (Phi) is 5.21. The molecule has 0 saturated heterocycles. The number of benzene rings is 1. The summed E-state index contributed by atoms with van der Waals surface area (Å²) in [6.07, 6.45) is 5.37. The quantitative estimate of drug-likeness (QED) is 0.838. The molecular weight excluding hydrogens is 222 g/mol. The van der Waals surface area contributed by atoms with Crippen molar-refractivity contribution in [3.05, 3.63) is 35.4 Å². The molecular formula is C16H25NO. The minimum atomic E-state index is -0.0398. The monoisotopic (exact) mass is 247 g/mol. The van der Waals surface area contributed by atoms with Gasteiger partial charge in [-0.2, -0.15) is 0 Å². The Bertz CT molecular complexity index is 356. The van der Waals surface area contributed by atoms with Gasteiger partial charge in [0, 0.05) is 6.54 Å². The van der Waals surface area contributed by atoms with Crippen LogP contribution in [0.4, 0.5) is 0 Å². The molecule has 0 bridgehead atoms. The second kappa shape index (κ2) is 6.91. The van der Waals surface area contributed by atoms with E-state index in [0.29, 0.717) is 0 Å². The van der Waals surface area contributed by atoms with E-state index >= 15 is 0 Å². The number of hydrogen-bond donors (Lipinski definition) is 2. The second-order valence-electron chi connectivity index (χ2n) is 5.43. The Morgan fingerprint density at radius 1 is 1.11 bits per heavy atom. The van der Waals surface area contributed by atoms with E-state index in [1.807, 2.05) is 0 Å². The van der Waals surface area contributed by atoms with Crippen molar-refractivity contribution in [2.45, 2.75) is 51.7 Å².